The van der Waals surface area contributed by atoms with Crippen molar-refractivity contribution in [3.8, 4) is 5.69 Å². The topological polar surface area (TPSA) is 75.4 Å². The number of hydrogen-bond donors (Lipinski definition) is 1. The van der Waals surface area contributed by atoms with Gasteiger partial charge in [-0.05, 0) is 31.9 Å². The highest BCUT2D eigenvalue weighted by atomic mass is 19.1. The van der Waals surface area contributed by atoms with Gasteiger partial charge in [0.25, 0.3) is 5.91 Å². The highest BCUT2D eigenvalue weighted by molar-refractivity contribution is 5.97. The molecule has 0 bridgehead atoms. The minimum atomic E-state index is -1.00. The SMILES string of the molecule is Cc1c(C(=O)N2CCC[C@@H]2C(=O)O)cnn1-c1ccccc1F. The molecular formula is C16H16FN3O3. The molecule has 1 atom stereocenters. The van der Waals surface area contributed by atoms with Crippen molar-refractivity contribution in [2.24, 2.45) is 0 Å². The predicted octanol–water partition coefficient (Wildman–Crippen LogP) is 2.01. The number of aromatic nitrogens is 2. The molecule has 1 N–H and O–H groups in total. The molecule has 1 aromatic carbocycles. The van der Waals surface area contributed by atoms with Crippen LogP contribution in [0.4, 0.5) is 4.39 Å². The van der Waals surface area contributed by atoms with Crippen molar-refractivity contribution in [1.29, 1.82) is 0 Å². The summed E-state index contributed by atoms with van der Waals surface area (Å²) in [5.74, 6) is -1.83. The van der Waals surface area contributed by atoms with E-state index in [0.717, 1.165) is 0 Å². The molecule has 2 heterocycles. The molecule has 0 radical (unpaired) electrons. The number of carboxylic acids is 1. The third kappa shape index (κ3) is 2.58. The van der Waals surface area contributed by atoms with Crippen molar-refractivity contribution in [1.82, 2.24) is 14.7 Å². The van der Waals surface area contributed by atoms with Crippen LogP contribution >= 0.6 is 0 Å². The van der Waals surface area contributed by atoms with Gasteiger partial charge in [0.1, 0.15) is 17.5 Å². The number of carbonyl (C=O) groups is 2. The zero-order valence-electron chi connectivity index (χ0n) is 12.6. The Labute approximate surface area is 132 Å². The van der Waals surface area contributed by atoms with Gasteiger partial charge in [-0.15, -0.1) is 0 Å². The maximum Gasteiger partial charge on any atom is 0.326 e. The van der Waals surface area contributed by atoms with Gasteiger partial charge >= 0.3 is 5.97 Å². The molecule has 0 saturated carbocycles. The molecule has 0 unspecified atom stereocenters. The van der Waals surface area contributed by atoms with Crippen molar-refractivity contribution in [2.75, 3.05) is 6.54 Å². The third-order valence-electron chi connectivity index (χ3n) is 4.12. The lowest BCUT2D eigenvalue weighted by molar-refractivity contribution is -0.141. The molecule has 0 aliphatic carbocycles. The monoisotopic (exact) mass is 317 g/mol. The van der Waals surface area contributed by atoms with E-state index < -0.39 is 17.8 Å². The van der Waals surface area contributed by atoms with Crippen LogP contribution in [0, 0.1) is 12.7 Å². The zero-order valence-corrected chi connectivity index (χ0v) is 12.6. The van der Waals surface area contributed by atoms with Gasteiger partial charge < -0.3 is 10.0 Å². The van der Waals surface area contributed by atoms with Gasteiger partial charge in [0.05, 0.1) is 17.5 Å². The van der Waals surface area contributed by atoms with E-state index >= 15 is 0 Å². The van der Waals surface area contributed by atoms with Gasteiger partial charge in [0.15, 0.2) is 0 Å². The standard InChI is InChI=1S/C16H16FN3O3/c1-10-11(15(21)19-8-4-7-14(19)16(22)23)9-18-20(10)13-6-3-2-5-12(13)17/h2-3,5-6,9,14H,4,7-8H2,1H3,(H,22,23)/t14-/m1/s1. The zero-order chi connectivity index (χ0) is 16.6. The van der Waals surface area contributed by atoms with Crippen molar-refractivity contribution >= 4 is 11.9 Å². The molecule has 0 spiro atoms. The molecule has 1 fully saturated rings. The fraction of sp³-hybridized carbons (Fsp3) is 0.312. The summed E-state index contributed by atoms with van der Waals surface area (Å²) < 4.78 is 15.3. The highest BCUT2D eigenvalue weighted by Gasteiger charge is 2.35. The average molecular weight is 317 g/mol. The van der Waals surface area contributed by atoms with E-state index in [0.29, 0.717) is 30.6 Å². The molecular weight excluding hydrogens is 301 g/mol. The average Bonchev–Trinajstić information content (AvgIpc) is 3.14. The van der Waals surface area contributed by atoms with Crippen molar-refractivity contribution in [3.05, 3.63) is 47.5 Å². The van der Waals surface area contributed by atoms with Crippen LogP contribution < -0.4 is 0 Å². The molecule has 6 nitrogen and oxygen atoms in total. The number of carbonyl (C=O) groups excluding carboxylic acids is 1. The number of nitrogens with zero attached hydrogens (tertiary/aromatic N) is 3. The van der Waals surface area contributed by atoms with Crippen LogP contribution in [0.15, 0.2) is 30.5 Å². The number of rotatable bonds is 3. The summed E-state index contributed by atoms with van der Waals surface area (Å²) in [5.41, 5.74) is 1.03. The lowest BCUT2D eigenvalue weighted by Gasteiger charge is -2.21. The summed E-state index contributed by atoms with van der Waals surface area (Å²) >= 11 is 0. The fourth-order valence-electron chi connectivity index (χ4n) is 2.91. The van der Waals surface area contributed by atoms with E-state index in [1.807, 2.05) is 0 Å². The van der Waals surface area contributed by atoms with Gasteiger partial charge in [0, 0.05) is 6.54 Å². The fourth-order valence-corrected chi connectivity index (χ4v) is 2.91. The lowest BCUT2D eigenvalue weighted by Crippen LogP contribution is -2.40. The van der Waals surface area contributed by atoms with E-state index in [2.05, 4.69) is 5.10 Å². The molecule has 3 rings (SSSR count). The summed E-state index contributed by atoms with van der Waals surface area (Å²) in [6.07, 6.45) is 2.46. The maximum atomic E-state index is 13.9. The van der Waals surface area contributed by atoms with E-state index in [4.69, 9.17) is 0 Å². The lowest BCUT2D eigenvalue weighted by atomic mass is 10.2. The first-order chi connectivity index (χ1) is 11.0. The summed E-state index contributed by atoms with van der Waals surface area (Å²) in [5, 5.41) is 13.3. The van der Waals surface area contributed by atoms with Gasteiger partial charge in [-0.1, -0.05) is 12.1 Å². The number of halogens is 1. The van der Waals surface area contributed by atoms with Gasteiger partial charge in [-0.3, -0.25) is 4.79 Å². The normalized spacial score (nSPS) is 17.5. The second kappa shape index (κ2) is 5.83. The van der Waals surface area contributed by atoms with Crippen LogP contribution in [-0.4, -0.2) is 44.3 Å². The number of para-hydroxylation sites is 1. The quantitative estimate of drug-likeness (QED) is 0.939. The van der Waals surface area contributed by atoms with Crippen LogP contribution in [0.1, 0.15) is 28.9 Å². The van der Waals surface area contributed by atoms with Gasteiger partial charge in [-0.2, -0.15) is 5.10 Å². The summed E-state index contributed by atoms with van der Waals surface area (Å²) in [7, 11) is 0. The molecule has 120 valence electrons. The van der Waals surface area contributed by atoms with Crippen molar-refractivity contribution < 1.29 is 19.1 Å². The number of likely N-dealkylation sites (tertiary alicyclic amines) is 1. The Kier molecular flexibility index (Phi) is 3.85. The number of carboxylic acid groups (broad SMARTS) is 1. The molecule has 7 heteroatoms. The van der Waals surface area contributed by atoms with Crippen LogP contribution in [-0.2, 0) is 4.79 Å². The minimum Gasteiger partial charge on any atom is -0.480 e. The molecule has 1 aliphatic heterocycles. The van der Waals surface area contributed by atoms with E-state index in [-0.39, 0.29) is 11.6 Å². The first-order valence-electron chi connectivity index (χ1n) is 7.34. The van der Waals surface area contributed by atoms with Crippen LogP contribution in [0.2, 0.25) is 0 Å². The summed E-state index contributed by atoms with van der Waals surface area (Å²) in [4.78, 5) is 25.2. The first-order valence-corrected chi connectivity index (χ1v) is 7.34. The minimum absolute atomic E-state index is 0.250. The highest BCUT2D eigenvalue weighted by Crippen LogP contribution is 2.23. The Hall–Kier alpha value is -2.70. The Balaban J connectivity index is 1.95. The number of aliphatic carboxylic acids is 1. The number of benzene rings is 1. The molecule has 2 aromatic rings. The number of hydrogen-bond acceptors (Lipinski definition) is 3. The number of amides is 1. The Morgan fingerprint density at radius 1 is 1.35 bits per heavy atom. The van der Waals surface area contributed by atoms with Crippen molar-refractivity contribution in [3.63, 3.8) is 0 Å². The smallest absolute Gasteiger partial charge is 0.326 e. The molecule has 1 aliphatic rings. The Morgan fingerprint density at radius 2 is 2.09 bits per heavy atom. The predicted molar refractivity (Wildman–Crippen MR) is 80.0 cm³/mol. The Bertz CT molecular complexity index is 772. The molecule has 1 saturated heterocycles. The van der Waals surface area contributed by atoms with Crippen LogP contribution in [0.3, 0.4) is 0 Å². The second-order valence-corrected chi connectivity index (χ2v) is 5.50. The largest absolute Gasteiger partial charge is 0.480 e. The molecule has 23 heavy (non-hydrogen) atoms. The third-order valence-corrected chi connectivity index (χ3v) is 4.12. The van der Waals surface area contributed by atoms with Crippen LogP contribution in [0.5, 0.6) is 0 Å². The Morgan fingerprint density at radius 3 is 2.78 bits per heavy atom. The summed E-state index contributed by atoms with van der Waals surface area (Å²) in [6.45, 7) is 2.07. The van der Waals surface area contributed by atoms with Crippen LogP contribution in [0.25, 0.3) is 5.69 Å². The van der Waals surface area contributed by atoms with E-state index in [1.165, 1.54) is 21.8 Å². The first kappa shape index (κ1) is 15.2. The van der Waals surface area contributed by atoms with Crippen molar-refractivity contribution in [2.45, 2.75) is 25.8 Å². The van der Waals surface area contributed by atoms with E-state index in [1.54, 1.807) is 25.1 Å². The van der Waals surface area contributed by atoms with Gasteiger partial charge in [0.2, 0.25) is 0 Å². The summed E-state index contributed by atoms with van der Waals surface area (Å²) in [6, 6.07) is 5.34. The maximum absolute atomic E-state index is 13.9. The van der Waals surface area contributed by atoms with E-state index in [9.17, 15) is 19.1 Å². The van der Waals surface area contributed by atoms with Gasteiger partial charge in [-0.25, -0.2) is 13.9 Å². The molecule has 1 amide bonds. The molecule has 1 aromatic heterocycles. The second-order valence-electron chi connectivity index (χ2n) is 5.50.